The fraction of sp³-hybridized carbons (Fsp3) is 0.818. The van der Waals surface area contributed by atoms with Gasteiger partial charge >= 0.3 is 11.9 Å². The number of hydrogen-bond acceptors (Lipinski definition) is 4. The van der Waals surface area contributed by atoms with E-state index in [1.54, 1.807) is 0 Å². The second kappa shape index (κ2) is 5.36. The van der Waals surface area contributed by atoms with Crippen molar-refractivity contribution in [3.8, 4) is 0 Å². The summed E-state index contributed by atoms with van der Waals surface area (Å²) in [5.74, 6) is 3.20. The number of hydrogen-bond donors (Lipinski definition) is 0. The minimum Gasteiger partial charge on any atom is -0.462 e. The van der Waals surface area contributed by atoms with Crippen LogP contribution in [0.1, 0.15) is 53.4 Å². The van der Waals surface area contributed by atoms with Gasteiger partial charge in [0.1, 0.15) is 12.7 Å². The number of fused-ring (bicyclic) bond motifs is 11. The van der Waals surface area contributed by atoms with E-state index in [0.717, 1.165) is 24.8 Å². The van der Waals surface area contributed by atoms with Crippen molar-refractivity contribution in [3.63, 3.8) is 0 Å². The number of cyclic esters (lactones) is 1. The van der Waals surface area contributed by atoms with E-state index in [1.165, 1.54) is 12.0 Å². The van der Waals surface area contributed by atoms with Crippen molar-refractivity contribution in [2.75, 3.05) is 6.61 Å². The van der Waals surface area contributed by atoms with Crippen LogP contribution in [0.5, 0.6) is 0 Å². The van der Waals surface area contributed by atoms with Crippen molar-refractivity contribution in [1.29, 1.82) is 0 Å². The van der Waals surface area contributed by atoms with Crippen LogP contribution < -0.4 is 0 Å². The monoisotopic (exact) mass is 358 g/mol. The Morgan fingerprint density at radius 3 is 2.69 bits per heavy atom. The highest BCUT2D eigenvalue weighted by atomic mass is 16.5. The summed E-state index contributed by atoms with van der Waals surface area (Å²) in [6.07, 6.45) is 4.28. The lowest BCUT2D eigenvalue weighted by Gasteiger charge is -2.38. The maximum absolute atomic E-state index is 12.6. The van der Waals surface area contributed by atoms with Crippen LogP contribution in [0.15, 0.2) is 11.1 Å². The summed E-state index contributed by atoms with van der Waals surface area (Å²) in [4.78, 5) is 24.7. The Morgan fingerprint density at radius 2 is 1.96 bits per heavy atom. The summed E-state index contributed by atoms with van der Waals surface area (Å²) < 4.78 is 11.4. The van der Waals surface area contributed by atoms with E-state index in [4.69, 9.17) is 9.47 Å². The molecule has 0 saturated heterocycles. The third-order valence-electron chi connectivity index (χ3n) is 7.84. The van der Waals surface area contributed by atoms with Crippen molar-refractivity contribution >= 4 is 11.9 Å². The van der Waals surface area contributed by atoms with Crippen LogP contribution in [0.25, 0.3) is 0 Å². The van der Waals surface area contributed by atoms with Crippen molar-refractivity contribution in [2.45, 2.75) is 59.5 Å². The van der Waals surface area contributed by atoms with E-state index in [9.17, 15) is 9.59 Å². The molecule has 5 rings (SSSR count). The Kier molecular flexibility index (Phi) is 3.47. The topological polar surface area (TPSA) is 52.6 Å². The molecule has 4 heteroatoms. The molecule has 1 heterocycles. The number of esters is 2. The van der Waals surface area contributed by atoms with Crippen LogP contribution in [-0.4, -0.2) is 24.6 Å². The van der Waals surface area contributed by atoms with Gasteiger partial charge in [-0.15, -0.1) is 0 Å². The highest BCUT2D eigenvalue weighted by Crippen LogP contribution is 2.69. The maximum atomic E-state index is 12.6. The van der Waals surface area contributed by atoms with Gasteiger partial charge < -0.3 is 9.47 Å². The molecule has 4 aliphatic carbocycles. The third kappa shape index (κ3) is 2.26. The van der Waals surface area contributed by atoms with Crippen LogP contribution in [0.4, 0.5) is 0 Å². The first-order valence-corrected chi connectivity index (χ1v) is 10.3. The number of rotatable bonds is 3. The average molecular weight is 358 g/mol. The molecule has 0 amide bonds. The molecule has 0 aromatic heterocycles. The molecule has 8 unspecified atom stereocenters. The van der Waals surface area contributed by atoms with Crippen molar-refractivity contribution in [2.24, 2.45) is 46.8 Å². The van der Waals surface area contributed by atoms with Gasteiger partial charge in [-0.3, -0.25) is 4.79 Å². The molecule has 142 valence electrons. The molecule has 0 aromatic rings. The summed E-state index contributed by atoms with van der Waals surface area (Å²) in [6, 6.07) is 0. The molecule has 4 nitrogen and oxygen atoms in total. The maximum Gasteiger partial charge on any atom is 0.334 e. The summed E-state index contributed by atoms with van der Waals surface area (Å²) >= 11 is 0. The lowest BCUT2D eigenvalue weighted by molar-refractivity contribution is -0.159. The van der Waals surface area contributed by atoms with Crippen LogP contribution in [0.3, 0.4) is 0 Å². The average Bonchev–Trinajstić information content (AvgIpc) is 3.28. The normalized spacial score (nSPS) is 43.5. The van der Waals surface area contributed by atoms with Crippen LogP contribution in [0.2, 0.25) is 0 Å². The van der Waals surface area contributed by atoms with E-state index in [1.807, 2.05) is 6.92 Å². The Bertz CT molecular complexity index is 699. The minimum atomic E-state index is -0.0484. The van der Waals surface area contributed by atoms with Gasteiger partial charge in [0.15, 0.2) is 0 Å². The molecule has 26 heavy (non-hydrogen) atoms. The van der Waals surface area contributed by atoms with Gasteiger partial charge in [-0.1, -0.05) is 27.7 Å². The van der Waals surface area contributed by atoms with E-state index >= 15 is 0 Å². The summed E-state index contributed by atoms with van der Waals surface area (Å²) in [5.41, 5.74) is 2.47. The Labute approximate surface area is 155 Å². The number of carbonyl (C=O) groups is 2. The molecule has 3 saturated carbocycles. The van der Waals surface area contributed by atoms with E-state index in [-0.39, 0.29) is 29.4 Å². The SMILES string of the molecule is CC(CC(C)(C)C)C(=O)OC1CC2CC1C1C3CC(C4=C3COC4=O)C21. The molecule has 0 spiro atoms. The molecular weight excluding hydrogens is 328 g/mol. The molecule has 3 fully saturated rings. The molecule has 1 aliphatic heterocycles. The molecule has 5 aliphatic rings. The molecule has 8 atom stereocenters. The molecule has 4 bridgehead atoms. The smallest absolute Gasteiger partial charge is 0.334 e. The van der Waals surface area contributed by atoms with Gasteiger partial charge in [0, 0.05) is 5.57 Å². The van der Waals surface area contributed by atoms with Gasteiger partial charge in [-0.05, 0) is 72.2 Å². The summed E-state index contributed by atoms with van der Waals surface area (Å²) in [7, 11) is 0. The zero-order chi connectivity index (χ0) is 18.4. The van der Waals surface area contributed by atoms with Crippen molar-refractivity contribution < 1.29 is 19.1 Å². The molecule has 0 aromatic carbocycles. The third-order valence-corrected chi connectivity index (χ3v) is 7.84. The molecular formula is C22H30O4. The lowest BCUT2D eigenvalue weighted by atomic mass is 9.68. The summed E-state index contributed by atoms with van der Waals surface area (Å²) in [6.45, 7) is 9.03. The Morgan fingerprint density at radius 1 is 1.19 bits per heavy atom. The molecule has 0 N–H and O–H groups in total. The number of ether oxygens (including phenoxy) is 2. The van der Waals surface area contributed by atoms with E-state index < -0.39 is 0 Å². The van der Waals surface area contributed by atoms with Gasteiger partial charge in [-0.2, -0.15) is 0 Å². The predicted octanol–water partition coefficient (Wildman–Crippen LogP) is 3.75. The summed E-state index contributed by atoms with van der Waals surface area (Å²) in [5, 5.41) is 0. The highest BCUT2D eigenvalue weighted by molar-refractivity contribution is 5.93. The van der Waals surface area contributed by atoms with E-state index in [2.05, 4.69) is 20.8 Å². The van der Waals surface area contributed by atoms with Crippen LogP contribution in [0, 0.1) is 46.8 Å². The largest absolute Gasteiger partial charge is 0.462 e. The Hall–Kier alpha value is -1.32. The first kappa shape index (κ1) is 16.8. The molecule has 0 radical (unpaired) electrons. The van der Waals surface area contributed by atoms with Crippen molar-refractivity contribution in [1.82, 2.24) is 0 Å². The van der Waals surface area contributed by atoms with Crippen molar-refractivity contribution in [3.05, 3.63) is 11.1 Å². The van der Waals surface area contributed by atoms with E-state index in [0.29, 0.717) is 42.1 Å². The minimum absolute atomic E-state index is 0.0172. The van der Waals surface area contributed by atoms with Gasteiger partial charge in [0.05, 0.1) is 5.92 Å². The van der Waals surface area contributed by atoms with Gasteiger partial charge in [0.25, 0.3) is 0 Å². The fourth-order valence-electron chi connectivity index (χ4n) is 7.35. The zero-order valence-corrected chi connectivity index (χ0v) is 16.3. The predicted molar refractivity (Wildman–Crippen MR) is 95.9 cm³/mol. The first-order chi connectivity index (χ1) is 12.2. The Balaban J connectivity index is 1.30. The van der Waals surface area contributed by atoms with Gasteiger partial charge in [-0.25, -0.2) is 4.79 Å². The first-order valence-electron chi connectivity index (χ1n) is 10.3. The highest BCUT2D eigenvalue weighted by Gasteiger charge is 2.67. The second-order valence-electron chi connectivity index (χ2n) is 10.7. The zero-order valence-electron chi connectivity index (χ0n) is 16.3. The van der Waals surface area contributed by atoms with Gasteiger partial charge in [0.2, 0.25) is 0 Å². The van der Waals surface area contributed by atoms with Crippen LogP contribution in [-0.2, 0) is 19.1 Å². The van der Waals surface area contributed by atoms with Crippen LogP contribution >= 0.6 is 0 Å². The number of carbonyl (C=O) groups excluding carboxylic acids is 2. The lowest BCUT2D eigenvalue weighted by Crippen LogP contribution is -2.39. The quantitative estimate of drug-likeness (QED) is 0.570. The second-order valence-corrected chi connectivity index (χ2v) is 10.7. The standard InChI is InChI=1S/C22H30O4/c1-10(8-22(2,3)4)20(23)26-16-6-11-5-13(16)18-12-7-14(17(11)18)19-15(12)9-25-21(19)24/h10-14,16-18H,5-9H2,1-4H3. The fourth-order valence-corrected chi connectivity index (χ4v) is 7.35.